The van der Waals surface area contributed by atoms with Crippen molar-refractivity contribution in [3.05, 3.63) is 5.28 Å². The highest BCUT2D eigenvalue weighted by atomic mass is 35.5. The fraction of sp³-hybridized carbons (Fsp3) is 0.750. The highest BCUT2D eigenvalue weighted by Crippen LogP contribution is 2.39. The Morgan fingerprint density at radius 2 is 2.22 bits per heavy atom. The zero-order chi connectivity index (χ0) is 12.5. The van der Waals surface area contributed by atoms with Gasteiger partial charge in [0, 0.05) is 19.1 Å². The molecule has 3 rings (SSSR count). The van der Waals surface area contributed by atoms with Crippen molar-refractivity contribution in [2.45, 2.75) is 38.6 Å². The quantitative estimate of drug-likeness (QED) is 0.907. The second kappa shape index (κ2) is 4.88. The van der Waals surface area contributed by atoms with Crippen molar-refractivity contribution >= 4 is 23.5 Å². The van der Waals surface area contributed by atoms with Crippen LogP contribution in [0.25, 0.3) is 0 Å². The van der Waals surface area contributed by atoms with Crippen molar-refractivity contribution < 1.29 is 0 Å². The number of fused-ring (bicyclic) bond motifs is 2. The predicted octanol–water partition coefficient (Wildman–Crippen LogP) is 2.34. The van der Waals surface area contributed by atoms with Gasteiger partial charge in [0.05, 0.1) is 0 Å². The summed E-state index contributed by atoms with van der Waals surface area (Å²) >= 11 is 5.98. The largest absolute Gasteiger partial charge is 0.354 e. The van der Waals surface area contributed by atoms with Crippen molar-refractivity contribution in [1.82, 2.24) is 15.0 Å². The summed E-state index contributed by atoms with van der Waals surface area (Å²) in [5.74, 6) is 2.15. The van der Waals surface area contributed by atoms with Gasteiger partial charge in [-0.3, -0.25) is 0 Å². The third-order valence-corrected chi connectivity index (χ3v) is 3.96. The maximum atomic E-state index is 5.98. The van der Waals surface area contributed by atoms with Gasteiger partial charge in [0.1, 0.15) is 0 Å². The lowest BCUT2D eigenvalue weighted by atomic mass is 10.1. The minimum absolute atomic E-state index is 0.279. The number of halogens is 1. The highest BCUT2D eigenvalue weighted by molar-refractivity contribution is 6.28. The van der Waals surface area contributed by atoms with Gasteiger partial charge in [0.15, 0.2) is 0 Å². The third-order valence-electron chi connectivity index (χ3n) is 3.80. The molecule has 2 bridgehead atoms. The van der Waals surface area contributed by atoms with Gasteiger partial charge in [-0.1, -0.05) is 6.92 Å². The van der Waals surface area contributed by atoms with Gasteiger partial charge in [-0.05, 0) is 43.2 Å². The van der Waals surface area contributed by atoms with E-state index in [0.29, 0.717) is 12.0 Å². The zero-order valence-corrected chi connectivity index (χ0v) is 11.3. The van der Waals surface area contributed by atoms with Crippen molar-refractivity contribution in [3.8, 4) is 0 Å². The molecule has 98 valence electrons. The molecule has 0 radical (unpaired) electrons. The van der Waals surface area contributed by atoms with Gasteiger partial charge in [-0.25, -0.2) is 0 Å². The molecule has 6 heteroatoms. The van der Waals surface area contributed by atoms with Crippen LogP contribution in [0.1, 0.15) is 32.6 Å². The van der Waals surface area contributed by atoms with Crippen LogP contribution >= 0.6 is 11.6 Å². The number of nitrogens with one attached hydrogen (secondary N) is 1. The van der Waals surface area contributed by atoms with Crippen LogP contribution < -0.4 is 10.2 Å². The summed E-state index contributed by atoms with van der Waals surface area (Å²) in [7, 11) is 0. The molecule has 5 nitrogen and oxygen atoms in total. The molecule has 1 aliphatic carbocycles. The standard InChI is InChI=1S/C12H18ClN5/c1-2-5-14-11-15-10(13)16-12(17-11)18-7-8-3-4-9(18)6-8/h8-9H,2-7H2,1H3,(H,14,15,16,17). The van der Waals surface area contributed by atoms with E-state index in [0.717, 1.165) is 31.4 Å². The number of anilines is 2. The molecule has 2 heterocycles. The summed E-state index contributed by atoms with van der Waals surface area (Å²) < 4.78 is 0. The third kappa shape index (κ3) is 2.23. The topological polar surface area (TPSA) is 53.9 Å². The maximum Gasteiger partial charge on any atom is 0.231 e. The van der Waals surface area contributed by atoms with Gasteiger partial charge in [-0.2, -0.15) is 15.0 Å². The monoisotopic (exact) mass is 267 g/mol. The number of piperidine rings is 1. The number of aromatic nitrogens is 3. The summed E-state index contributed by atoms with van der Waals surface area (Å²) in [4.78, 5) is 15.2. The van der Waals surface area contributed by atoms with E-state index in [4.69, 9.17) is 11.6 Å². The molecule has 1 saturated heterocycles. The second-order valence-corrected chi connectivity index (χ2v) is 5.48. The lowest BCUT2D eigenvalue weighted by Crippen LogP contribution is -2.33. The van der Waals surface area contributed by atoms with Crippen LogP contribution in [0.4, 0.5) is 11.9 Å². The molecule has 2 unspecified atom stereocenters. The molecule has 2 atom stereocenters. The number of hydrogen-bond acceptors (Lipinski definition) is 5. The van der Waals surface area contributed by atoms with Crippen molar-refractivity contribution in [3.63, 3.8) is 0 Å². The van der Waals surface area contributed by atoms with Crippen LogP contribution in [-0.2, 0) is 0 Å². The SMILES string of the molecule is CCCNc1nc(Cl)nc(N2CC3CCC2C3)n1. The fourth-order valence-electron chi connectivity index (χ4n) is 2.95. The van der Waals surface area contributed by atoms with Gasteiger partial charge in [0.25, 0.3) is 0 Å². The molecular formula is C12H18ClN5. The average molecular weight is 268 g/mol. The Hall–Kier alpha value is -1.10. The van der Waals surface area contributed by atoms with E-state index in [-0.39, 0.29) is 5.28 Å². The molecule has 2 fully saturated rings. The van der Waals surface area contributed by atoms with Crippen LogP contribution in [-0.4, -0.2) is 34.1 Å². The van der Waals surface area contributed by atoms with Crippen LogP contribution in [0.15, 0.2) is 0 Å². The summed E-state index contributed by atoms with van der Waals surface area (Å²) in [6, 6.07) is 0.604. The Kier molecular flexibility index (Phi) is 3.24. The van der Waals surface area contributed by atoms with Gasteiger partial charge >= 0.3 is 0 Å². The Labute approximate surface area is 112 Å². The van der Waals surface area contributed by atoms with Crippen LogP contribution in [0.5, 0.6) is 0 Å². The first-order chi connectivity index (χ1) is 8.76. The summed E-state index contributed by atoms with van der Waals surface area (Å²) in [5.41, 5.74) is 0. The maximum absolute atomic E-state index is 5.98. The van der Waals surface area contributed by atoms with E-state index in [9.17, 15) is 0 Å². The second-order valence-electron chi connectivity index (χ2n) is 5.14. The van der Waals surface area contributed by atoms with Crippen molar-refractivity contribution in [2.24, 2.45) is 5.92 Å². The zero-order valence-electron chi connectivity index (χ0n) is 10.6. The summed E-state index contributed by atoms with van der Waals surface area (Å²) in [6.45, 7) is 4.03. The summed E-state index contributed by atoms with van der Waals surface area (Å²) in [5, 5.41) is 3.45. The molecule has 0 aromatic carbocycles. The smallest absolute Gasteiger partial charge is 0.231 e. The Morgan fingerprint density at radius 3 is 2.89 bits per heavy atom. The molecule has 1 aliphatic heterocycles. The average Bonchev–Trinajstić information content (AvgIpc) is 2.98. The van der Waals surface area contributed by atoms with E-state index < -0.39 is 0 Å². The van der Waals surface area contributed by atoms with Crippen LogP contribution in [0, 0.1) is 5.92 Å². The molecular weight excluding hydrogens is 250 g/mol. The van der Waals surface area contributed by atoms with Crippen LogP contribution in [0.2, 0.25) is 5.28 Å². The fourth-order valence-corrected chi connectivity index (χ4v) is 3.11. The minimum Gasteiger partial charge on any atom is -0.354 e. The van der Waals surface area contributed by atoms with E-state index >= 15 is 0 Å². The number of rotatable bonds is 4. The van der Waals surface area contributed by atoms with Gasteiger partial charge < -0.3 is 10.2 Å². The number of nitrogens with zero attached hydrogens (tertiary/aromatic N) is 4. The van der Waals surface area contributed by atoms with Gasteiger partial charge in [0.2, 0.25) is 17.2 Å². The van der Waals surface area contributed by atoms with Gasteiger partial charge in [-0.15, -0.1) is 0 Å². The van der Waals surface area contributed by atoms with E-state index in [1.54, 1.807) is 0 Å². The van der Waals surface area contributed by atoms with Crippen molar-refractivity contribution in [2.75, 3.05) is 23.3 Å². The first-order valence-electron chi connectivity index (χ1n) is 6.68. The van der Waals surface area contributed by atoms with Crippen LogP contribution in [0.3, 0.4) is 0 Å². The molecule has 18 heavy (non-hydrogen) atoms. The van der Waals surface area contributed by atoms with E-state index in [1.807, 2.05) is 0 Å². The predicted molar refractivity (Wildman–Crippen MR) is 72.1 cm³/mol. The lowest BCUT2D eigenvalue weighted by Gasteiger charge is -2.26. The molecule has 1 saturated carbocycles. The Balaban J connectivity index is 1.81. The first-order valence-corrected chi connectivity index (χ1v) is 7.06. The lowest BCUT2D eigenvalue weighted by molar-refractivity contribution is 0.546. The van der Waals surface area contributed by atoms with E-state index in [2.05, 4.69) is 32.1 Å². The Morgan fingerprint density at radius 1 is 1.33 bits per heavy atom. The Bertz CT molecular complexity index is 438. The van der Waals surface area contributed by atoms with Crippen molar-refractivity contribution in [1.29, 1.82) is 0 Å². The summed E-state index contributed by atoms with van der Waals surface area (Å²) in [6.07, 6.45) is 4.92. The molecule has 0 spiro atoms. The highest BCUT2D eigenvalue weighted by Gasteiger charge is 2.39. The minimum atomic E-state index is 0.279. The number of hydrogen-bond donors (Lipinski definition) is 1. The first kappa shape index (κ1) is 12.0. The van der Waals surface area contributed by atoms with E-state index in [1.165, 1.54) is 19.3 Å². The normalized spacial score (nSPS) is 25.8. The molecule has 1 aromatic rings. The molecule has 1 aromatic heterocycles. The molecule has 0 amide bonds. The molecule has 2 aliphatic rings. The molecule has 1 N–H and O–H groups in total.